The summed E-state index contributed by atoms with van der Waals surface area (Å²) in [5.41, 5.74) is 0. The average Bonchev–Trinajstić information content (AvgIpc) is 2.96. The molecule has 2 aromatic heterocycles. The Morgan fingerprint density at radius 3 is 2.67 bits per heavy atom. The molecule has 2 aromatic rings. The molecule has 0 aromatic carbocycles. The summed E-state index contributed by atoms with van der Waals surface area (Å²) in [6.45, 7) is 0.289. The Bertz CT molecular complexity index is 644. The van der Waals surface area contributed by atoms with Crippen LogP contribution in [-0.4, -0.2) is 14.3 Å². The van der Waals surface area contributed by atoms with Crippen molar-refractivity contribution >= 4 is 38.6 Å². The normalized spacial score (nSPS) is 11.4. The molecule has 0 unspecified atom stereocenters. The zero-order valence-electron chi connectivity index (χ0n) is 9.12. The van der Waals surface area contributed by atoms with Crippen LogP contribution in [0.5, 0.6) is 0 Å². The molecule has 1 amide bonds. The number of sulfonamides is 1. The molecule has 0 spiro atoms. The second-order valence-corrected chi connectivity index (χ2v) is 7.33. The van der Waals surface area contributed by atoms with E-state index in [0.717, 1.165) is 16.2 Å². The van der Waals surface area contributed by atoms with E-state index in [1.54, 1.807) is 18.2 Å². The molecule has 0 saturated heterocycles. The highest BCUT2D eigenvalue weighted by Gasteiger charge is 2.12. The van der Waals surface area contributed by atoms with E-state index in [9.17, 15) is 13.2 Å². The summed E-state index contributed by atoms with van der Waals surface area (Å²) in [7, 11) is -3.66. The first-order chi connectivity index (χ1) is 8.47. The molecule has 0 aliphatic rings. The van der Waals surface area contributed by atoms with E-state index in [1.165, 1.54) is 17.4 Å². The predicted octanol–water partition coefficient (Wildman–Crippen LogP) is 1.39. The number of primary sulfonamides is 1. The minimum atomic E-state index is -3.66. The first-order valence-electron chi connectivity index (χ1n) is 4.90. The minimum absolute atomic E-state index is 0.0999. The van der Waals surface area contributed by atoms with Gasteiger partial charge in [0.15, 0.2) is 0 Å². The molecule has 0 aliphatic carbocycles. The van der Waals surface area contributed by atoms with E-state index in [0.29, 0.717) is 4.88 Å². The van der Waals surface area contributed by atoms with Crippen LogP contribution in [0.25, 0.3) is 0 Å². The average molecular weight is 302 g/mol. The smallest absolute Gasteiger partial charge is 0.261 e. The molecule has 8 heteroatoms. The zero-order chi connectivity index (χ0) is 13.2. The third-order valence-electron chi connectivity index (χ3n) is 2.09. The molecule has 0 fully saturated rings. The van der Waals surface area contributed by atoms with Gasteiger partial charge in [-0.2, -0.15) is 0 Å². The van der Waals surface area contributed by atoms with Gasteiger partial charge in [-0.3, -0.25) is 4.79 Å². The van der Waals surface area contributed by atoms with Gasteiger partial charge in [-0.05, 0) is 23.6 Å². The van der Waals surface area contributed by atoms with Gasteiger partial charge in [0.25, 0.3) is 5.91 Å². The quantitative estimate of drug-likeness (QED) is 0.894. The molecule has 18 heavy (non-hydrogen) atoms. The van der Waals surface area contributed by atoms with Crippen LogP contribution in [0.2, 0.25) is 0 Å². The number of thiophene rings is 2. The van der Waals surface area contributed by atoms with Gasteiger partial charge in [-0.1, -0.05) is 6.07 Å². The number of carbonyl (C=O) groups excluding carboxylic acids is 1. The first kappa shape index (κ1) is 13.2. The van der Waals surface area contributed by atoms with Gasteiger partial charge in [0.2, 0.25) is 10.0 Å². The Hall–Kier alpha value is -1.22. The monoisotopic (exact) mass is 302 g/mol. The fourth-order valence-corrected chi connectivity index (χ4v) is 3.63. The Balaban J connectivity index is 1.99. The van der Waals surface area contributed by atoms with E-state index in [-0.39, 0.29) is 16.7 Å². The number of amides is 1. The van der Waals surface area contributed by atoms with E-state index in [2.05, 4.69) is 5.32 Å². The molecule has 5 nitrogen and oxygen atoms in total. The second-order valence-electron chi connectivity index (χ2n) is 3.43. The Kier molecular flexibility index (Phi) is 3.81. The lowest BCUT2D eigenvalue weighted by Crippen LogP contribution is -2.21. The number of rotatable bonds is 4. The van der Waals surface area contributed by atoms with Crippen molar-refractivity contribution in [2.24, 2.45) is 5.14 Å². The lowest BCUT2D eigenvalue weighted by atomic mass is 10.4. The van der Waals surface area contributed by atoms with Crippen LogP contribution < -0.4 is 10.5 Å². The van der Waals surface area contributed by atoms with Crippen LogP contribution in [0, 0.1) is 0 Å². The highest BCUT2D eigenvalue weighted by molar-refractivity contribution is 7.91. The van der Waals surface area contributed by atoms with Crippen LogP contribution in [-0.2, 0) is 16.6 Å². The Morgan fingerprint density at radius 1 is 1.33 bits per heavy atom. The van der Waals surface area contributed by atoms with Crippen molar-refractivity contribution in [2.75, 3.05) is 0 Å². The number of hydrogen-bond acceptors (Lipinski definition) is 5. The summed E-state index contributed by atoms with van der Waals surface area (Å²) >= 11 is 2.41. The van der Waals surface area contributed by atoms with Crippen molar-refractivity contribution in [2.45, 2.75) is 10.8 Å². The Labute approximate surface area is 112 Å². The molecule has 2 heterocycles. The summed E-state index contributed by atoms with van der Waals surface area (Å²) in [5, 5.41) is 9.53. The summed E-state index contributed by atoms with van der Waals surface area (Å²) < 4.78 is 22.2. The largest absolute Gasteiger partial charge is 0.346 e. The van der Waals surface area contributed by atoms with Gasteiger partial charge in [0, 0.05) is 4.88 Å². The maximum Gasteiger partial charge on any atom is 0.261 e. The van der Waals surface area contributed by atoms with Gasteiger partial charge >= 0.3 is 0 Å². The van der Waals surface area contributed by atoms with Crippen molar-refractivity contribution < 1.29 is 13.2 Å². The number of carbonyl (C=O) groups is 1. The summed E-state index contributed by atoms with van der Waals surface area (Å²) in [5.74, 6) is -0.171. The molecule has 0 atom stereocenters. The minimum Gasteiger partial charge on any atom is -0.346 e. The third kappa shape index (κ3) is 3.16. The zero-order valence-corrected chi connectivity index (χ0v) is 11.6. The van der Waals surface area contributed by atoms with Crippen molar-refractivity contribution in [1.82, 2.24) is 5.32 Å². The lowest BCUT2D eigenvalue weighted by molar-refractivity contribution is 0.0955. The van der Waals surface area contributed by atoms with Crippen LogP contribution in [0.4, 0.5) is 0 Å². The van der Waals surface area contributed by atoms with Gasteiger partial charge in [-0.15, -0.1) is 22.7 Å². The van der Waals surface area contributed by atoms with E-state index >= 15 is 0 Å². The maximum atomic E-state index is 11.6. The fourth-order valence-electron chi connectivity index (χ4n) is 1.27. The standard InChI is InChI=1S/C10H10N2O3S3/c11-18(14,15)9-4-3-7(17-9)6-12-10(13)8-2-1-5-16-8/h1-5H,6H2,(H,12,13)(H2,11,14,15). The molecule has 3 N–H and O–H groups in total. The van der Waals surface area contributed by atoms with Crippen LogP contribution in [0.15, 0.2) is 33.9 Å². The molecule has 2 rings (SSSR count). The van der Waals surface area contributed by atoms with Crippen LogP contribution in [0.1, 0.15) is 14.5 Å². The molecule has 0 saturated carbocycles. The van der Waals surface area contributed by atoms with Gasteiger partial charge in [0.1, 0.15) is 4.21 Å². The topological polar surface area (TPSA) is 89.3 Å². The van der Waals surface area contributed by atoms with Gasteiger partial charge < -0.3 is 5.32 Å². The fraction of sp³-hybridized carbons (Fsp3) is 0.100. The third-order valence-corrected chi connectivity index (χ3v) is 5.48. The van der Waals surface area contributed by atoms with Gasteiger partial charge in [-0.25, -0.2) is 13.6 Å². The molecule has 96 valence electrons. The molecular weight excluding hydrogens is 292 g/mol. The van der Waals surface area contributed by atoms with E-state index in [4.69, 9.17) is 5.14 Å². The number of hydrogen-bond donors (Lipinski definition) is 2. The van der Waals surface area contributed by atoms with Gasteiger partial charge in [0.05, 0.1) is 11.4 Å². The molecule has 0 bridgehead atoms. The molecule has 0 radical (unpaired) electrons. The molecule has 0 aliphatic heterocycles. The first-order valence-corrected chi connectivity index (χ1v) is 8.14. The maximum absolute atomic E-state index is 11.6. The number of nitrogens with one attached hydrogen (secondary N) is 1. The Morgan fingerprint density at radius 2 is 2.11 bits per heavy atom. The highest BCUT2D eigenvalue weighted by Crippen LogP contribution is 2.20. The van der Waals surface area contributed by atoms with Crippen LogP contribution >= 0.6 is 22.7 Å². The highest BCUT2D eigenvalue weighted by atomic mass is 32.2. The number of nitrogens with two attached hydrogens (primary N) is 1. The van der Waals surface area contributed by atoms with Crippen molar-refractivity contribution in [3.63, 3.8) is 0 Å². The summed E-state index contributed by atoms with van der Waals surface area (Å²) in [4.78, 5) is 13.0. The van der Waals surface area contributed by atoms with Crippen molar-refractivity contribution in [3.05, 3.63) is 39.4 Å². The SMILES string of the molecule is NS(=O)(=O)c1ccc(CNC(=O)c2cccs2)s1. The van der Waals surface area contributed by atoms with E-state index in [1.807, 2.05) is 5.38 Å². The van der Waals surface area contributed by atoms with Crippen molar-refractivity contribution in [3.8, 4) is 0 Å². The van der Waals surface area contributed by atoms with Crippen LogP contribution in [0.3, 0.4) is 0 Å². The lowest BCUT2D eigenvalue weighted by Gasteiger charge is -2.00. The van der Waals surface area contributed by atoms with Crippen molar-refractivity contribution in [1.29, 1.82) is 0 Å². The summed E-state index contributed by atoms with van der Waals surface area (Å²) in [6.07, 6.45) is 0. The molecular formula is C10H10N2O3S3. The summed E-state index contributed by atoms with van der Waals surface area (Å²) in [6, 6.07) is 6.60. The second kappa shape index (κ2) is 5.19. The van der Waals surface area contributed by atoms with E-state index < -0.39 is 10.0 Å². The predicted molar refractivity (Wildman–Crippen MR) is 71.2 cm³/mol.